The number of halogens is 2. The van der Waals surface area contributed by atoms with Crippen LogP contribution < -0.4 is 9.47 Å². The number of furan rings is 1. The Balaban J connectivity index is 1.48. The van der Waals surface area contributed by atoms with E-state index < -0.39 is 6.61 Å². The highest BCUT2D eigenvalue weighted by molar-refractivity contribution is 5.60. The first-order valence-corrected chi connectivity index (χ1v) is 8.86. The van der Waals surface area contributed by atoms with E-state index in [1.807, 2.05) is 6.07 Å². The summed E-state index contributed by atoms with van der Waals surface area (Å²) in [7, 11) is 1.38. The summed E-state index contributed by atoms with van der Waals surface area (Å²) in [5.41, 5.74) is 1.76. The number of hydrogen-bond acceptors (Lipinski definition) is 7. The summed E-state index contributed by atoms with van der Waals surface area (Å²) < 4.78 is 45.3. The third-order valence-corrected chi connectivity index (χ3v) is 4.57. The van der Waals surface area contributed by atoms with Crippen LogP contribution in [0.15, 0.2) is 39.5 Å². The fraction of sp³-hybridized carbons (Fsp3) is 0.368. The zero-order chi connectivity index (χ0) is 19.5. The maximum atomic E-state index is 12.5. The molecule has 148 valence electrons. The highest BCUT2D eigenvalue weighted by Gasteiger charge is 2.20. The largest absolute Gasteiger partial charge is 0.493 e. The monoisotopic (exact) mass is 391 g/mol. The zero-order valence-corrected chi connectivity index (χ0v) is 15.2. The molecule has 0 aliphatic carbocycles. The van der Waals surface area contributed by atoms with Crippen LogP contribution in [0.5, 0.6) is 11.5 Å². The number of benzene rings is 1. The molecule has 0 amide bonds. The predicted octanol–water partition coefficient (Wildman–Crippen LogP) is 3.89. The molecule has 0 N–H and O–H groups in total. The lowest BCUT2D eigenvalue weighted by atomic mass is 10.2. The zero-order valence-electron chi connectivity index (χ0n) is 15.2. The summed E-state index contributed by atoms with van der Waals surface area (Å²) in [6, 6.07) is 6.50. The number of hydrogen-bond donors (Lipinski definition) is 0. The quantitative estimate of drug-likeness (QED) is 0.631. The fourth-order valence-corrected chi connectivity index (χ4v) is 3.27. The number of aryl methyl sites for hydroxylation is 1. The molecule has 1 aliphatic rings. The van der Waals surface area contributed by atoms with Crippen molar-refractivity contribution in [3.8, 4) is 22.9 Å². The number of alkyl halides is 2. The molecule has 0 spiro atoms. The Morgan fingerprint density at radius 2 is 2.14 bits per heavy atom. The molecule has 0 radical (unpaired) electrons. The van der Waals surface area contributed by atoms with Crippen molar-refractivity contribution in [3.05, 3.63) is 47.7 Å². The van der Waals surface area contributed by atoms with E-state index in [1.165, 1.54) is 24.8 Å². The van der Waals surface area contributed by atoms with Crippen LogP contribution >= 0.6 is 0 Å². The lowest BCUT2D eigenvalue weighted by molar-refractivity contribution is -0.0512. The highest BCUT2D eigenvalue weighted by atomic mass is 19.3. The van der Waals surface area contributed by atoms with Gasteiger partial charge < -0.3 is 18.4 Å². The molecule has 0 saturated carbocycles. The molecule has 9 heteroatoms. The van der Waals surface area contributed by atoms with E-state index in [1.54, 1.807) is 12.3 Å². The van der Waals surface area contributed by atoms with Crippen molar-refractivity contribution in [2.24, 2.45) is 0 Å². The van der Waals surface area contributed by atoms with Crippen molar-refractivity contribution in [1.82, 2.24) is 15.0 Å². The average Bonchev–Trinajstić information content (AvgIpc) is 3.27. The van der Waals surface area contributed by atoms with Gasteiger partial charge in [0.2, 0.25) is 11.7 Å². The Hall–Kier alpha value is -2.94. The first kappa shape index (κ1) is 18.4. The molecule has 0 bridgehead atoms. The van der Waals surface area contributed by atoms with Gasteiger partial charge in [-0.05, 0) is 37.2 Å². The molecule has 1 aromatic carbocycles. The molecule has 7 nitrogen and oxygen atoms in total. The van der Waals surface area contributed by atoms with Gasteiger partial charge in [-0.1, -0.05) is 5.16 Å². The van der Waals surface area contributed by atoms with Gasteiger partial charge in [0, 0.05) is 24.1 Å². The van der Waals surface area contributed by atoms with Gasteiger partial charge >= 0.3 is 6.61 Å². The maximum absolute atomic E-state index is 12.5. The SMILES string of the molecule is COc1cc(-c2noc(CN3CCCc4occc4C3)n2)ccc1OC(F)F. The van der Waals surface area contributed by atoms with E-state index in [0.717, 1.165) is 31.7 Å². The van der Waals surface area contributed by atoms with Gasteiger partial charge in [-0.15, -0.1) is 0 Å². The Morgan fingerprint density at radius 3 is 2.96 bits per heavy atom. The number of fused-ring (bicyclic) bond motifs is 1. The van der Waals surface area contributed by atoms with Crippen LogP contribution in [0.25, 0.3) is 11.4 Å². The summed E-state index contributed by atoms with van der Waals surface area (Å²) in [5, 5.41) is 4.00. The molecule has 3 aromatic rings. The summed E-state index contributed by atoms with van der Waals surface area (Å²) in [6.45, 7) is -0.755. The summed E-state index contributed by atoms with van der Waals surface area (Å²) in [6.07, 6.45) is 3.62. The number of methoxy groups -OCH3 is 1. The van der Waals surface area contributed by atoms with Gasteiger partial charge in [-0.25, -0.2) is 0 Å². The van der Waals surface area contributed by atoms with Crippen molar-refractivity contribution in [2.45, 2.75) is 32.5 Å². The van der Waals surface area contributed by atoms with Crippen molar-refractivity contribution in [1.29, 1.82) is 0 Å². The van der Waals surface area contributed by atoms with Crippen molar-refractivity contribution in [3.63, 3.8) is 0 Å². The van der Waals surface area contributed by atoms with Crippen LogP contribution in [0, 0.1) is 0 Å². The van der Waals surface area contributed by atoms with Crippen molar-refractivity contribution >= 4 is 0 Å². The van der Waals surface area contributed by atoms with E-state index in [2.05, 4.69) is 19.8 Å². The second-order valence-electron chi connectivity index (χ2n) is 6.44. The summed E-state index contributed by atoms with van der Waals surface area (Å²) >= 11 is 0. The Labute approximate surface area is 159 Å². The van der Waals surface area contributed by atoms with Crippen LogP contribution in [0.2, 0.25) is 0 Å². The van der Waals surface area contributed by atoms with E-state index in [-0.39, 0.29) is 11.5 Å². The highest BCUT2D eigenvalue weighted by Crippen LogP contribution is 2.32. The number of nitrogens with zero attached hydrogens (tertiary/aromatic N) is 3. The van der Waals surface area contributed by atoms with Gasteiger partial charge in [-0.2, -0.15) is 13.8 Å². The fourth-order valence-electron chi connectivity index (χ4n) is 3.27. The molecule has 0 saturated heterocycles. The van der Waals surface area contributed by atoms with Gasteiger partial charge in [0.05, 0.1) is 19.9 Å². The summed E-state index contributed by atoms with van der Waals surface area (Å²) in [4.78, 5) is 6.65. The molecular formula is C19H19F2N3O4. The third kappa shape index (κ3) is 3.99. The molecular weight excluding hydrogens is 372 g/mol. The maximum Gasteiger partial charge on any atom is 0.387 e. The molecule has 3 heterocycles. The molecule has 4 rings (SSSR count). The first-order chi connectivity index (χ1) is 13.6. The van der Waals surface area contributed by atoms with E-state index in [9.17, 15) is 8.78 Å². The lowest BCUT2D eigenvalue weighted by Crippen LogP contribution is -2.22. The molecule has 0 unspecified atom stereocenters. The van der Waals surface area contributed by atoms with Crippen LogP contribution in [0.4, 0.5) is 8.78 Å². The minimum atomic E-state index is -2.93. The Morgan fingerprint density at radius 1 is 1.25 bits per heavy atom. The van der Waals surface area contributed by atoms with E-state index in [0.29, 0.717) is 23.8 Å². The van der Waals surface area contributed by atoms with Crippen LogP contribution in [0.3, 0.4) is 0 Å². The Kier molecular flexibility index (Phi) is 5.25. The molecule has 1 aliphatic heterocycles. The summed E-state index contributed by atoms with van der Waals surface area (Å²) in [5.74, 6) is 1.99. The Bertz CT molecular complexity index is 941. The predicted molar refractivity (Wildman–Crippen MR) is 94.1 cm³/mol. The van der Waals surface area contributed by atoms with Crippen molar-refractivity contribution in [2.75, 3.05) is 13.7 Å². The van der Waals surface area contributed by atoms with Crippen LogP contribution in [0.1, 0.15) is 23.6 Å². The van der Waals surface area contributed by atoms with Gasteiger partial charge in [-0.3, -0.25) is 4.90 Å². The number of ether oxygens (including phenoxy) is 2. The standard InChI is InChI=1S/C19H19F2N3O4/c1-25-16-9-12(4-5-15(16)27-19(20)21)18-22-17(28-23-18)11-24-7-2-3-14-13(10-24)6-8-26-14/h4-6,8-9,19H,2-3,7,10-11H2,1H3. The first-order valence-electron chi connectivity index (χ1n) is 8.86. The second kappa shape index (κ2) is 7.97. The minimum absolute atomic E-state index is 0.0505. The smallest absolute Gasteiger partial charge is 0.387 e. The second-order valence-corrected chi connectivity index (χ2v) is 6.44. The van der Waals surface area contributed by atoms with E-state index in [4.69, 9.17) is 13.7 Å². The molecule has 2 aromatic heterocycles. The van der Waals surface area contributed by atoms with Crippen LogP contribution in [-0.4, -0.2) is 35.3 Å². The number of rotatable bonds is 6. The van der Waals surface area contributed by atoms with E-state index >= 15 is 0 Å². The van der Waals surface area contributed by atoms with Gasteiger partial charge in [0.1, 0.15) is 5.76 Å². The molecule has 28 heavy (non-hydrogen) atoms. The third-order valence-electron chi connectivity index (χ3n) is 4.57. The van der Waals surface area contributed by atoms with Gasteiger partial charge in [0.15, 0.2) is 11.5 Å². The molecule has 0 atom stereocenters. The topological polar surface area (TPSA) is 73.8 Å². The van der Waals surface area contributed by atoms with Crippen LogP contribution in [-0.2, 0) is 19.5 Å². The lowest BCUT2D eigenvalue weighted by Gasteiger charge is -2.16. The number of aromatic nitrogens is 2. The minimum Gasteiger partial charge on any atom is -0.493 e. The normalized spacial score (nSPS) is 14.7. The molecule has 0 fully saturated rings. The average molecular weight is 391 g/mol. The van der Waals surface area contributed by atoms with Crippen molar-refractivity contribution < 1.29 is 27.2 Å². The van der Waals surface area contributed by atoms with Gasteiger partial charge in [0.25, 0.3) is 0 Å².